The first-order valence-corrected chi connectivity index (χ1v) is 5.38. The van der Waals surface area contributed by atoms with Crippen molar-refractivity contribution in [3.8, 4) is 0 Å². The second kappa shape index (κ2) is 3.42. The molecule has 1 aromatic carbocycles. The van der Waals surface area contributed by atoms with Crippen LogP contribution in [0.15, 0.2) is 30.3 Å². The molecule has 0 unspecified atom stereocenters. The molecule has 0 radical (unpaired) electrons. The van der Waals surface area contributed by atoms with E-state index in [4.69, 9.17) is 0 Å². The first-order valence-electron chi connectivity index (χ1n) is 4.59. The lowest BCUT2D eigenvalue weighted by Gasteiger charge is -2.26. The molecule has 0 bridgehead atoms. The van der Waals surface area contributed by atoms with Crippen LogP contribution in [-0.2, 0) is 13.9 Å². The van der Waals surface area contributed by atoms with E-state index in [1.54, 1.807) is 12.1 Å². The maximum atomic E-state index is 11.8. The van der Waals surface area contributed by atoms with Crippen LogP contribution in [0.2, 0.25) is 0 Å². The Bertz CT molecular complexity index is 476. The molecule has 1 aliphatic carbocycles. The van der Waals surface area contributed by atoms with Gasteiger partial charge in [-0.3, -0.25) is 9.59 Å². The number of hydrogen-bond acceptors (Lipinski definition) is 2. The van der Waals surface area contributed by atoms with Crippen LogP contribution in [0.4, 0.5) is 0 Å². The maximum absolute atomic E-state index is 11.8. The smallest absolute Gasteiger partial charge is 0.184 e. The minimum absolute atomic E-state index is 0.190. The zero-order chi connectivity index (χ0) is 11.1. The van der Waals surface area contributed by atoms with Gasteiger partial charge in [-0.05, 0) is 24.1 Å². The summed E-state index contributed by atoms with van der Waals surface area (Å²) in [5, 5.41) is 0. The molecule has 0 aromatic heterocycles. The number of alkyl halides is 1. The third kappa shape index (κ3) is 1.38. The molecule has 0 saturated heterocycles. The first-order chi connectivity index (χ1) is 7.06. The highest BCUT2D eigenvalue weighted by atomic mass is 79.9. The van der Waals surface area contributed by atoms with Crippen molar-refractivity contribution >= 4 is 33.6 Å². The number of halogens is 1. The van der Waals surface area contributed by atoms with Gasteiger partial charge in [0.1, 0.15) is 0 Å². The molecule has 0 spiro atoms. The molecule has 0 N–H and O–H groups in total. The Morgan fingerprint density at radius 2 is 1.93 bits per heavy atom. The summed E-state index contributed by atoms with van der Waals surface area (Å²) in [6, 6.07) is 7.39. The Morgan fingerprint density at radius 1 is 1.27 bits per heavy atom. The van der Waals surface area contributed by atoms with Gasteiger partial charge in [-0.1, -0.05) is 46.3 Å². The first kappa shape index (κ1) is 10.3. The third-order valence-electron chi connectivity index (χ3n) is 2.57. The van der Waals surface area contributed by atoms with Crippen molar-refractivity contribution in [1.82, 2.24) is 0 Å². The Balaban J connectivity index is 2.72. The van der Waals surface area contributed by atoms with E-state index in [1.807, 2.05) is 18.2 Å². The summed E-state index contributed by atoms with van der Waals surface area (Å²) >= 11 is 3.27. The number of ketones is 2. The highest BCUT2D eigenvalue weighted by molar-refractivity contribution is 9.10. The van der Waals surface area contributed by atoms with E-state index in [9.17, 15) is 9.59 Å². The zero-order valence-corrected chi connectivity index (χ0v) is 9.74. The molecule has 3 heteroatoms. The number of hydrogen-bond donors (Lipinski definition) is 0. The molecule has 1 aliphatic rings. The zero-order valence-electron chi connectivity index (χ0n) is 8.16. The molecular weight excluding hydrogens is 256 g/mol. The number of carbonyl (C=O) groups excluding carboxylic acids is 2. The van der Waals surface area contributed by atoms with Gasteiger partial charge >= 0.3 is 0 Å². The van der Waals surface area contributed by atoms with E-state index >= 15 is 0 Å². The summed E-state index contributed by atoms with van der Waals surface area (Å²) < 4.78 is -1.18. The Hall–Kier alpha value is -1.22. The second-order valence-electron chi connectivity index (χ2n) is 3.50. The van der Waals surface area contributed by atoms with Gasteiger partial charge in [-0.2, -0.15) is 0 Å². The van der Waals surface area contributed by atoms with Crippen LogP contribution in [0.25, 0.3) is 6.08 Å². The fourth-order valence-electron chi connectivity index (χ4n) is 1.73. The van der Waals surface area contributed by atoms with Gasteiger partial charge in [0, 0.05) is 0 Å². The lowest BCUT2D eigenvalue weighted by atomic mass is 9.83. The molecule has 1 aromatic rings. The molecule has 0 heterocycles. The fraction of sp³-hybridized carbons (Fsp3) is 0.167. The quantitative estimate of drug-likeness (QED) is 0.577. The van der Waals surface area contributed by atoms with Gasteiger partial charge in [-0.25, -0.2) is 0 Å². The van der Waals surface area contributed by atoms with E-state index in [0.717, 1.165) is 11.1 Å². The van der Waals surface area contributed by atoms with Crippen LogP contribution < -0.4 is 0 Å². The topological polar surface area (TPSA) is 34.1 Å². The fourth-order valence-corrected chi connectivity index (χ4v) is 2.23. The summed E-state index contributed by atoms with van der Waals surface area (Å²) in [6.45, 7) is 1.42. The van der Waals surface area contributed by atoms with Crippen molar-refractivity contribution in [2.45, 2.75) is 11.2 Å². The van der Waals surface area contributed by atoms with Crippen LogP contribution in [0.5, 0.6) is 0 Å². The van der Waals surface area contributed by atoms with E-state index in [-0.39, 0.29) is 11.6 Å². The normalized spacial score (nSPS) is 23.7. The van der Waals surface area contributed by atoms with E-state index in [2.05, 4.69) is 15.9 Å². The van der Waals surface area contributed by atoms with E-state index in [0.29, 0.717) is 0 Å². The van der Waals surface area contributed by atoms with E-state index < -0.39 is 4.32 Å². The maximum Gasteiger partial charge on any atom is 0.184 e. The molecule has 0 saturated carbocycles. The molecule has 76 valence electrons. The van der Waals surface area contributed by atoms with Gasteiger partial charge in [0.15, 0.2) is 15.9 Å². The predicted molar refractivity (Wildman–Crippen MR) is 61.8 cm³/mol. The van der Waals surface area contributed by atoms with Crippen LogP contribution in [0.1, 0.15) is 18.1 Å². The van der Waals surface area contributed by atoms with Gasteiger partial charge in [0.05, 0.1) is 0 Å². The highest BCUT2D eigenvalue weighted by Crippen LogP contribution is 2.39. The molecule has 0 fully saturated rings. The summed E-state index contributed by atoms with van der Waals surface area (Å²) in [6.07, 6.45) is 3.18. The largest absolute Gasteiger partial charge is 0.298 e. The number of rotatable bonds is 1. The van der Waals surface area contributed by atoms with Crippen LogP contribution >= 0.6 is 15.9 Å². The highest BCUT2D eigenvalue weighted by Gasteiger charge is 2.43. The summed E-state index contributed by atoms with van der Waals surface area (Å²) in [7, 11) is 0. The summed E-state index contributed by atoms with van der Waals surface area (Å²) in [5.41, 5.74) is 1.63. The molecule has 0 amide bonds. The second-order valence-corrected chi connectivity index (χ2v) is 4.69. The number of fused-ring (bicyclic) bond motifs is 1. The number of benzene rings is 1. The molecular formula is C12H9BrO2. The number of carbonyl (C=O) groups is 2. The molecule has 2 rings (SSSR count). The summed E-state index contributed by atoms with van der Waals surface area (Å²) in [4.78, 5) is 23.4. The van der Waals surface area contributed by atoms with Crippen LogP contribution in [0.3, 0.4) is 0 Å². The van der Waals surface area contributed by atoms with Gasteiger partial charge < -0.3 is 0 Å². The van der Waals surface area contributed by atoms with Crippen LogP contribution in [-0.4, -0.2) is 11.6 Å². The standard InChI is InChI=1S/C12H9BrO2/c1-8(14)12(13)10-5-3-2-4-9(10)6-7-11(12)15/h2-7H,1H3/t12-/m1/s1. The van der Waals surface area contributed by atoms with Gasteiger partial charge in [-0.15, -0.1) is 0 Å². The molecule has 15 heavy (non-hydrogen) atoms. The number of allylic oxidation sites excluding steroid dienone is 1. The summed E-state index contributed by atoms with van der Waals surface area (Å²) in [5.74, 6) is -0.405. The average Bonchev–Trinajstić information content (AvgIpc) is 2.23. The van der Waals surface area contributed by atoms with E-state index in [1.165, 1.54) is 13.0 Å². The third-order valence-corrected chi connectivity index (χ3v) is 3.95. The Morgan fingerprint density at radius 3 is 2.60 bits per heavy atom. The lowest BCUT2D eigenvalue weighted by molar-refractivity contribution is -0.126. The lowest BCUT2D eigenvalue weighted by Crippen LogP contribution is -2.37. The molecule has 2 nitrogen and oxygen atoms in total. The van der Waals surface area contributed by atoms with Crippen molar-refractivity contribution in [3.05, 3.63) is 41.5 Å². The van der Waals surface area contributed by atoms with Crippen molar-refractivity contribution in [1.29, 1.82) is 0 Å². The van der Waals surface area contributed by atoms with Crippen LogP contribution in [0, 0.1) is 0 Å². The minimum atomic E-state index is -1.18. The van der Waals surface area contributed by atoms with Crippen molar-refractivity contribution < 1.29 is 9.59 Å². The van der Waals surface area contributed by atoms with Gasteiger partial charge in [0.2, 0.25) is 0 Å². The monoisotopic (exact) mass is 264 g/mol. The predicted octanol–water partition coefficient (Wildman–Crippen LogP) is 2.46. The molecule has 0 aliphatic heterocycles. The van der Waals surface area contributed by atoms with Crippen molar-refractivity contribution in [2.75, 3.05) is 0 Å². The van der Waals surface area contributed by atoms with Gasteiger partial charge in [0.25, 0.3) is 0 Å². The van der Waals surface area contributed by atoms with Crippen molar-refractivity contribution in [2.24, 2.45) is 0 Å². The minimum Gasteiger partial charge on any atom is -0.298 e. The van der Waals surface area contributed by atoms with Crippen molar-refractivity contribution in [3.63, 3.8) is 0 Å². The Kier molecular flexibility index (Phi) is 2.35. The average molecular weight is 265 g/mol. The molecule has 1 atom stereocenters. The number of Topliss-reactive ketones (excluding diaryl/α,β-unsaturated/α-hetero) is 1. The Labute approximate surface area is 96.1 Å². The SMILES string of the molecule is CC(=O)[C@]1(Br)C(=O)C=Cc2ccccc21.